The molecule has 2 aliphatic rings. The van der Waals surface area contributed by atoms with Crippen LogP contribution >= 0.6 is 0 Å². The first kappa shape index (κ1) is 33.5. The first-order valence-electron chi connectivity index (χ1n) is 16.2. The van der Waals surface area contributed by atoms with Gasteiger partial charge in [-0.25, -0.2) is 4.39 Å². The van der Waals surface area contributed by atoms with Crippen molar-refractivity contribution >= 4 is 45.6 Å². The maximum absolute atomic E-state index is 13.7. The van der Waals surface area contributed by atoms with Gasteiger partial charge in [-0.05, 0) is 75.5 Å². The molecule has 258 valence electrons. The summed E-state index contributed by atoms with van der Waals surface area (Å²) in [6.45, 7) is 6.71. The van der Waals surface area contributed by atoms with Crippen LogP contribution in [-0.2, 0) is 6.54 Å². The Morgan fingerprint density at radius 2 is 1.41 bits per heavy atom. The Morgan fingerprint density at radius 1 is 0.857 bits per heavy atom. The molecule has 7 rings (SSSR count). The number of nitrogens with zero attached hydrogens (tertiary/aromatic N) is 5. The largest absolute Gasteiger partial charge is 0.491 e. The number of hydrogen-bond donors (Lipinski definition) is 3. The number of likely N-dealkylation sites (tertiary alicyclic amines) is 1. The number of nitro groups is 2. The topological polar surface area (TPSA) is 187 Å². The summed E-state index contributed by atoms with van der Waals surface area (Å²) in [6.07, 6.45) is 3.83. The van der Waals surface area contributed by atoms with Crippen LogP contribution in [0.15, 0.2) is 63.4 Å². The Balaban J connectivity index is 0.000000188. The van der Waals surface area contributed by atoms with Crippen LogP contribution in [0, 0.1) is 26.0 Å². The highest BCUT2D eigenvalue weighted by atomic mass is 19.1. The van der Waals surface area contributed by atoms with Crippen molar-refractivity contribution in [2.45, 2.75) is 51.2 Å². The van der Waals surface area contributed by atoms with E-state index >= 15 is 0 Å². The molecule has 0 saturated carbocycles. The van der Waals surface area contributed by atoms with Gasteiger partial charge in [-0.2, -0.15) is 9.97 Å². The fraction of sp³-hybridized carbons (Fsp3) is 0.394. The van der Waals surface area contributed by atoms with Gasteiger partial charge in [0.25, 0.3) is 23.4 Å². The second-order valence-electron chi connectivity index (χ2n) is 11.9. The SMILES string of the molecule is CCOc1cc(CN2CCC(Nc3nc4cc([N+](=O)[O-])ccc4o3)CC2)ccc1F.O=[N+]([O-])c1ccc2oc(NC3CCNCC3)nc2c1. The molecule has 2 aromatic heterocycles. The van der Waals surface area contributed by atoms with Crippen LogP contribution in [0.3, 0.4) is 0 Å². The molecular formula is C33H37FN8O7. The zero-order valence-corrected chi connectivity index (χ0v) is 26.9. The lowest BCUT2D eigenvalue weighted by Crippen LogP contribution is -2.38. The molecule has 2 fully saturated rings. The summed E-state index contributed by atoms with van der Waals surface area (Å²) in [5, 5.41) is 31.4. The van der Waals surface area contributed by atoms with E-state index in [9.17, 15) is 24.6 Å². The summed E-state index contributed by atoms with van der Waals surface area (Å²) >= 11 is 0. The fourth-order valence-electron chi connectivity index (χ4n) is 5.90. The van der Waals surface area contributed by atoms with Gasteiger partial charge in [0.05, 0.1) is 16.5 Å². The monoisotopic (exact) mass is 676 g/mol. The second-order valence-corrected chi connectivity index (χ2v) is 11.9. The van der Waals surface area contributed by atoms with E-state index in [-0.39, 0.29) is 23.2 Å². The third kappa shape index (κ3) is 8.58. The van der Waals surface area contributed by atoms with Crippen LogP contribution in [0.1, 0.15) is 38.2 Å². The number of halogens is 1. The van der Waals surface area contributed by atoms with E-state index in [0.29, 0.717) is 52.6 Å². The van der Waals surface area contributed by atoms with Crippen molar-refractivity contribution < 1.29 is 27.8 Å². The normalized spacial score (nSPS) is 15.9. The number of aromatic nitrogens is 2. The van der Waals surface area contributed by atoms with Crippen LogP contribution in [0.4, 0.5) is 27.8 Å². The lowest BCUT2D eigenvalue weighted by Gasteiger charge is -2.32. The Bertz CT molecular complexity index is 1920. The Labute approximate surface area is 280 Å². The maximum Gasteiger partial charge on any atom is 0.295 e. The highest BCUT2D eigenvalue weighted by Gasteiger charge is 2.22. The van der Waals surface area contributed by atoms with E-state index in [1.54, 1.807) is 24.3 Å². The molecule has 49 heavy (non-hydrogen) atoms. The summed E-state index contributed by atoms with van der Waals surface area (Å²) in [7, 11) is 0. The molecule has 0 amide bonds. The minimum absolute atomic E-state index is 0.0102. The summed E-state index contributed by atoms with van der Waals surface area (Å²) in [5.41, 5.74) is 3.07. The second kappa shape index (κ2) is 15.3. The lowest BCUT2D eigenvalue weighted by molar-refractivity contribution is -0.384. The van der Waals surface area contributed by atoms with E-state index in [4.69, 9.17) is 13.6 Å². The van der Waals surface area contributed by atoms with E-state index in [2.05, 4.69) is 30.8 Å². The van der Waals surface area contributed by atoms with Crippen LogP contribution in [-0.4, -0.2) is 69.6 Å². The number of nitrogens with one attached hydrogen (secondary N) is 3. The first-order chi connectivity index (χ1) is 23.7. The zero-order chi connectivity index (χ0) is 34.3. The number of piperidine rings is 2. The minimum atomic E-state index is -0.449. The standard InChI is InChI=1S/C21H23FN4O4.C12H14N4O3/c1-2-29-20-11-14(3-5-17(20)22)13-25-9-7-15(8-10-25)23-21-24-18-12-16(26(27)28)4-6-19(18)30-21;17-16(18)9-1-2-11-10(7-9)15-12(19-11)14-8-3-5-13-6-4-8/h3-6,11-12,15H,2,7-10,13H2,1H3,(H,23,24);1-2,7-8,13H,3-6H2,(H,14,15). The number of oxazole rings is 2. The Hall–Kier alpha value is -5.35. The van der Waals surface area contributed by atoms with Gasteiger partial charge in [-0.15, -0.1) is 0 Å². The van der Waals surface area contributed by atoms with Crippen LogP contribution in [0.5, 0.6) is 5.75 Å². The van der Waals surface area contributed by atoms with Crippen molar-refractivity contribution in [2.75, 3.05) is 43.4 Å². The van der Waals surface area contributed by atoms with Gasteiger partial charge < -0.3 is 29.5 Å². The van der Waals surface area contributed by atoms with E-state index in [1.165, 1.54) is 30.3 Å². The molecule has 0 unspecified atom stereocenters. The predicted octanol–water partition coefficient (Wildman–Crippen LogP) is 6.25. The molecule has 0 bridgehead atoms. The summed E-state index contributed by atoms with van der Waals surface area (Å²) in [5.74, 6) is -0.0464. The molecule has 0 spiro atoms. The van der Waals surface area contributed by atoms with Gasteiger partial charge in [0.2, 0.25) is 0 Å². The van der Waals surface area contributed by atoms with Crippen molar-refractivity contribution in [3.8, 4) is 5.75 Å². The molecule has 3 aromatic carbocycles. The number of rotatable bonds is 10. The highest BCUT2D eigenvalue weighted by Crippen LogP contribution is 2.27. The van der Waals surface area contributed by atoms with Crippen molar-refractivity contribution in [2.24, 2.45) is 0 Å². The number of anilines is 2. The number of nitro benzene ring substituents is 2. The average molecular weight is 677 g/mol. The molecule has 0 radical (unpaired) electrons. The summed E-state index contributed by atoms with van der Waals surface area (Å²) < 4.78 is 30.3. The third-order valence-electron chi connectivity index (χ3n) is 8.45. The number of fused-ring (bicyclic) bond motifs is 2. The molecule has 16 heteroatoms. The van der Waals surface area contributed by atoms with Crippen molar-refractivity contribution in [1.29, 1.82) is 0 Å². The maximum atomic E-state index is 13.7. The first-order valence-corrected chi connectivity index (χ1v) is 16.2. The lowest BCUT2D eigenvalue weighted by atomic mass is 10.0. The van der Waals surface area contributed by atoms with Crippen LogP contribution in [0.2, 0.25) is 0 Å². The quantitative estimate of drug-likeness (QED) is 0.111. The fourth-order valence-corrected chi connectivity index (χ4v) is 5.90. The van der Waals surface area contributed by atoms with E-state index in [0.717, 1.165) is 64.0 Å². The van der Waals surface area contributed by atoms with Gasteiger partial charge in [-0.1, -0.05) is 6.07 Å². The molecule has 4 heterocycles. The molecule has 3 N–H and O–H groups in total. The van der Waals surface area contributed by atoms with Crippen molar-refractivity contribution in [3.05, 3.63) is 86.2 Å². The predicted molar refractivity (Wildman–Crippen MR) is 180 cm³/mol. The van der Waals surface area contributed by atoms with Crippen LogP contribution in [0.25, 0.3) is 22.2 Å². The smallest absolute Gasteiger partial charge is 0.295 e. The third-order valence-corrected chi connectivity index (χ3v) is 8.45. The average Bonchev–Trinajstić information content (AvgIpc) is 3.70. The minimum Gasteiger partial charge on any atom is -0.491 e. The van der Waals surface area contributed by atoms with Crippen molar-refractivity contribution in [3.63, 3.8) is 0 Å². The summed E-state index contributed by atoms with van der Waals surface area (Å²) in [4.78, 5) is 31.6. The molecular weight excluding hydrogens is 639 g/mol. The highest BCUT2D eigenvalue weighted by molar-refractivity contribution is 5.78. The van der Waals surface area contributed by atoms with Crippen LogP contribution < -0.4 is 20.7 Å². The molecule has 15 nitrogen and oxygen atoms in total. The van der Waals surface area contributed by atoms with Gasteiger partial charge in [0.1, 0.15) is 11.0 Å². The van der Waals surface area contributed by atoms with Gasteiger partial charge in [0, 0.05) is 56.0 Å². The van der Waals surface area contributed by atoms with E-state index in [1.807, 2.05) is 6.92 Å². The van der Waals surface area contributed by atoms with Gasteiger partial charge in [0.15, 0.2) is 22.7 Å². The van der Waals surface area contributed by atoms with E-state index < -0.39 is 9.85 Å². The molecule has 5 aromatic rings. The van der Waals surface area contributed by atoms with Gasteiger partial charge >= 0.3 is 0 Å². The zero-order valence-electron chi connectivity index (χ0n) is 26.9. The number of hydrogen-bond acceptors (Lipinski definition) is 13. The van der Waals surface area contributed by atoms with Crippen molar-refractivity contribution in [1.82, 2.24) is 20.2 Å². The number of ether oxygens (including phenoxy) is 1. The molecule has 0 atom stereocenters. The Kier molecular flexibility index (Phi) is 10.4. The molecule has 2 saturated heterocycles. The Morgan fingerprint density at radius 3 is 1.94 bits per heavy atom. The molecule has 0 aliphatic carbocycles. The van der Waals surface area contributed by atoms with Gasteiger partial charge in [-0.3, -0.25) is 25.1 Å². The summed E-state index contributed by atoms with van der Waals surface area (Å²) in [6, 6.07) is 15.2. The number of benzene rings is 3. The number of non-ortho nitro benzene ring substituents is 2. The molecule has 2 aliphatic heterocycles.